The number of allylic oxidation sites excluding steroid dienone is 1. The van der Waals surface area contributed by atoms with Crippen molar-refractivity contribution in [1.82, 2.24) is 10.2 Å². The number of ether oxygens (including phenoxy) is 3. The first-order valence-electron chi connectivity index (χ1n) is 8.60. The number of morpholine rings is 1. The van der Waals surface area contributed by atoms with Gasteiger partial charge in [0.15, 0.2) is 5.76 Å². The van der Waals surface area contributed by atoms with Crippen LogP contribution in [-0.4, -0.2) is 62.2 Å². The number of carbonyl (C=O) groups excluding carboxylic acids is 3. The summed E-state index contributed by atoms with van der Waals surface area (Å²) in [4.78, 5) is 37.0. The smallest absolute Gasteiger partial charge is 0.336 e. The second kappa shape index (κ2) is 10.5. The summed E-state index contributed by atoms with van der Waals surface area (Å²) < 4.78 is 15.2. The molecule has 2 heterocycles. The van der Waals surface area contributed by atoms with Crippen LogP contribution in [-0.2, 0) is 28.6 Å². The highest BCUT2D eigenvalue weighted by Crippen LogP contribution is 2.11. The third-order valence-corrected chi connectivity index (χ3v) is 3.83. The van der Waals surface area contributed by atoms with Gasteiger partial charge < -0.3 is 19.5 Å². The molecule has 0 radical (unpaired) electrons. The van der Waals surface area contributed by atoms with Gasteiger partial charge in [0.25, 0.3) is 5.91 Å². The first-order valence-corrected chi connectivity index (χ1v) is 8.60. The van der Waals surface area contributed by atoms with Gasteiger partial charge in [-0.1, -0.05) is 6.58 Å². The lowest BCUT2D eigenvalue weighted by atomic mass is 10.2. The molecule has 8 heteroatoms. The summed E-state index contributed by atoms with van der Waals surface area (Å²) in [6.07, 6.45) is 5.45. The van der Waals surface area contributed by atoms with E-state index in [9.17, 15) is 14.4 Å². The monoisotopic (exact) mass is 364 g/mol. The summed E-state index contributed by atoms with van der Waals surface area (Å²) in [5, 5.41) is 2.46. The highest BCUT2D eigenvalue weighted by atomic mass is 16.5. The Morgan fingerprint density at radius 3 is 2.69 bits per heavy atom. The summed E-state index contributed by atoms with van der Waals surface area (Å²) in [5.74, 6) is -2.08. The quantitative estimate of drug-likeness (QED) is 0.384. The Bertz CT molecular complexity index is 605. The molecule has 2 aliphatic heterocycles. The zero-order chi connectivity index (χ0) is 18.8. The minimum atomic E-state index is -0.817. The second-order valence-corrected chi connectivity index (χ2v) is 5.91. The number of esters is 2. The normalized spacial score (nSPS) is 18.4. The van der Waals surface area contributed by atoms with Gasteiger partial charge in [0.2, 0.25) is 0 Å². The maximum absolute atomic E-state index is 11.6. The highest BCUT2D eigenvalue weighted by Gasteiger charge is 2.18. The lowest BCUT2D eigenvalue weighted by Crippen LogP contribution is -2.36. The third kappa shape index (κ3) is 7.20. The Morgan fingerprint density at radius 1 is 1.23 bits per heavy atom. The molecule has 142 valence electrons. The first kappa shape index (κ1) is 19.9. The summed E-state index contributed by atoms with van der Waals surface area (Å²) in [7, 11) is 0. The minimum Gasteiger partial charge on any atom is -0.463 e. The van der Waals surface area contributed by atoms with E-state index in [1.807, 2.05) is 0 Å². The Morgan fingerprint density at radius 2 is 1.96 bits per heavy atom. The molecule has 0 saturated carbocycles. The van der Waals surface area contributed by atoms with E-state index in [2.05, 4.69) is 16.8 Å². The van der Waals surface area contributed by atoms with Crippen molar-refractivity contribution in [1.29, 1.82) is 0 Å². The van der Waals surface area contributed by atoms with Crippen LogP contribution in [0.3, 0.4) is 0 Å². The zero-order valence-electron chi connectivity index (χ0n) is 14.7. The van der Waals surface area contributed by atoms with Crippen LogP contribution in [0.15, 0.2) is 36.3 Å². The van der Waals surface area contributed by atoms with Gasteiger partial charge in [0, 0.05) is 37.4 Å². The van der Waals surface area contributed by atoms with E-state index in [0.29, 0.717) is 12.1 Å². The molecule has 8 nitrogen and oxygen atoms in total. The fourth-order valence-corrected chi connectivity index (χ4v) is 2.43. The van der Waals surface area contributed by atoms with Crippen LogP contribution in [0.5, 0.6) is 0 Å². The Kier molecular flexibility index (Phi) is 8.04. The van der Waals surface area contributed by atoms with Gasteiger partial charge in [-0.25, -0.2) is 9.59 Å². The lowest BCUT2D eigenvalue weighted by molar-refractivity contribution is -0.140. The molecular weight excluding hydrogens is 340 g/mol. The van der Waals surface area contributed by atoms with Gasteiger partial charge in [-0.05, 0) is 25.5 Å². The van der Waals surface area contributed by atoms with E-state index >= 15 is 0 Å². The average molecular weight is 364 g/mol. The predicted molar refractivity (Wildman–Crippen MR) is 92.7 cm³/mol. The molecule has 0 spiro atoms. The standard InChI is InChI=1S/C18H24N2O6/c1-14-4-5-15(18(23)19-14)26-17(22)7-6-16(21)25-11-3-2-8-20-9-12-24-13-10-20/h5-7H,1-4,8-13H2,(H,19,23)/b7-6+. The second-order valence-electron chi connectivity index (χ2n) is 5.91. The highest BCUT2D eigenvalue weighted by molar-refractivity contribution is 5.98. The van der Waals surface area contributed by atoms with Crippen LogP contribution in [0.4, 0.5) is 0 Å². The van der Waals surface area contributed by atoms with Gasteiger partial charge >= 0.3 is 11.9 Å². The molecule has 0 aliphatic carbocycles. The minimum absolute atomic E-state index is 0.108. The summed E-state index contributed by atoms with van der Waals surface area (Å²) in [5.41, 5.74) is 0.530. The molecule has 2 rings (SSSR count). The molecule has 0 atom stereocenters. The summed E-state index contributed by atoms with van der Waals surface area (Å²) >= 11 is 0. The maximum atomic E-state index is 11.6. The van der Waals surface area contributed by atoms with Gasteiger partial charge in [-0.3, -0.25) is 9.69 Å². The fourth-order valence-electron chi connectivity index (χ4n) is 2.43. The van der Waals surface area contributed by atoms with E-state index in [4.69, 9.17) is 14.2 Å². The fraction of sp³-hybridized carbons (Fsp3) is 0.500. The van der Waals surface area contributed by atoms with Crippen LogP contribution in [0.25, 0.3) is 0 Å². The number of carbonyl (C=O) groups is 3. The predicted octanol–water partition coefficient (Wildman–Crippen LogP) is 0.659. The molecule has 0 aromatic carbocycles. The maximum Gasteiger partial charge on any atom is 0.336 e. The van der Waals surface area contributed by atoms with Crippen molar-refractivity contribution in [2.24, 2.45) is 0 Å². The number of hydrogen-bond acceptors (Lipinski definition) is 7. The number of nitrogens with one attached hydrogen (secondary N) is 1. The van der Waals surface area contributed by atoms with Crippen molar-refractivity contribution in [2.45, 2.75) is 19.3 Å². The molecule has 1 fully saturated rings. The number of nitrogens with zero attached hydrogens (tertiary/aromatic N) is 1. The van der Waals surface area contributed by atoms with Crippen LogP contribution >= 0.6 is 0 Å². The van der Waals surface area contributed by atoms with E-state index in [1.54, 1.807) is 0 Å². The molecule has 1 saturated heterocycles. The van der Waals surface area contributed by atoms with Crippen LogP contribution in [0.2, 0.25) is 0 Å². The van der Waals surface area contributed by atoms with E-state index < -0.39 is 17.8 Å². The number of rotatable bonds is 8. The third-order valence-electron chi connectivity index (χ3n) is 3.83. The van der Waals surface area contributed by atoms with E-state index in [1.165, 1.54) is 6.08 Å². The van der Waals surface area contributed by atoms with Crippen molar-refractivity contribution in [2.75, 3.05) is 39.5 Å². The molecule has 0 unspecified atom stereocenters. The largest absolute Gasteiger partial charge is 0.463 e. The Hall–Kier alpha value is -2.45. The molecule has 1 N–H and O–H groups in total. The van der Waals surface area contributed by atoms with Gasteiger partial charge in [0.05, 0.1) is 19.8 Å². The SMILES string of the molecule is C=C1CC=C(OC(=O)/C=C/C(=O)OCCCCN2CCOCC2)C(=O)N1. The average Bonchev–Trinajstić information content (AvgIpc) is 2.63. The van der Waals surface area contributed by atoms with Crippen molar-refractivity contribution in [3.8, 4) is 0 Å². The van der Waals surface area contributed by atoms with Crippen LogP contribution < -0.4 is 5.32 Å². The number of amides is 1. The first-order chi connectivity index (χ1) is 12.5. The van der Waals surface area contributed by atoms with Crippen LogP contribution in [0.1, 0.15) is 19.3 Å². The van der Waals surface area contributed by atoms with Gasteiger partial charge in [-0.2, -0.15) is 0 Å². The van der Waals surface area contributed by atoms with E-state index in [0.717, 1.165) is 57.8 Å². The van der Waals surface area contributed by atoms with Crippen molar-refractivity contribution < 1.29 is 28.6 Å². The molecular formula is C18H24N2O6. The Labute approximate surface area is 152 Å². The van der Waals surface area contributed by atoms with Crippen molar-refractivity contribution in [3.05, 3.63) is 36.3 Å². The molecule has 0 aromatic heterocycles. The topological polar surface area (TPSA) is 94.2 Å². The molecule has 26 heavy (non-hydrogen) atoms. The van der Waals surface area contributed by atoms with Gasteiger partial charge in [-0.15, -0.1) is 0 Å². The molecule has 0 aromatic rings. The molecule has 2 aliphatic rings. The number of hydrogen-bond donors (Lipinski definition) is 1. The van der Waals surface area contributed by atoms with Crippen molar-refractivity contribution in [3.63, 3.8) is 0 Å². The summed E-state index contributed by atoms with van der Waals surface area (Å²) in [6.45, 7) is 8.26. The molecule has 1 amide bonds. The van der Waals surface area contributed by atoms with Crippen LogP contribution in [0, 0.1) is 0 Å². The van der Waals surface area contributed by atoms with Crippen molar-refractivity contribution >= 4 is 17.8 Å². The van der Waals surface area contributed by atoms with Gasteiger partial charge in [0.1, 0.15) is 0 Å². The zero-order valence-corrected chi connectivity index (χ0v) is 14.7. The summed E-state index contributed by atoms with van der Waals surface area (Å²) in [6, 6.07) is 0. The lowest BCUT2D eigenvalue weighted by Gasteiger charge is -2.26. The number of unbranched alkanes of at least 4 members (excludes halogenated alkanes) is 1. The Balaban J connectivity index is 1.58. The molecule has 0 bridgehead atoms. The van der Waals surface area contributed by atoms with E-state index in [-0.39, 0.29) is 12.4 Å².